The van der Waals surface area contributed by atoms with Gasteiger partial charge in [0.25, 0.3) is 17.7 Å². The van der Waals surface area contributed by atoms with Crippen molar-refractivity contribution in [1.29, 1.82) is 0 Å². The Bertz CT molecular complexity index is 700. The number of benzene rings is 1. The highest BCUT2D eigenvalue weighted by atomic mass is 79.9. The number of fused-ring (bicyclic) bond motifs is 5. The Kier molecular flexibility index (Phi) is 2.97. The molecule has 4 rings (SSSR count). The van der Waals surface area contributed by atoms with E-state index in [0.29, 0.717) is 5.56 Å². The number of rotatable bonds is 2. The van der Waals surface area contributed by atoms with E-state index in [-0.39, 0.29) is 35.5 Å². The van der Waals surface area contributed by atoms with Gasteiger partial charge < -0.3 is 0 Å². The monoisotopic (exact) mass is 360 g/mol. The minimum Gasteiger partial charge on any atom is -0.272 e. The molecule has 3 amide bonds. The van der Waals surface area contributed by atoms with Gasteiger partial charge in [-0.25, -0.2) is 0 Å². The summed E-state index contributed by atoms with van der Waals surface area (Å²) in [6.45, 7) is 0. The molecule has 6 heteroatoms. The fourth-order valence-corrected chi connectivity index (χ4v) is 4.21. The van der Waals surface area contributed by atoms with Gasteiger partial charge in [-0.15, -0.1) is 0 Å². The van der Waals surface area contributed by atoms with Crippen LogP contribution in [0.5, 0.6) is 0 Å². The van der Waals surface area contributed by atoms with E-state index in [9.17, 15) is 14.4 Å². The molecule has 2 bridgehead atoms. The lowest BCUT2D eigenvalue weighted by atomic mass is 9.85. The number of hydrogen-bond acceptors (Lipinski definition) is 3. The van der Waals surface area contributed by atoms with E-state index in [1.807, 2.05) is 12.2 Å². The van der Waals surface area contributed by atoms with Gasteiger partial charge in [0.2, 0.25) is 0 Å². The van der Waals surface area contributed by atoms with E-state index in [0.717, 1.165) is 15.9 Å². The maximum Gasteiger partial charge on any atom is 0.270 e. The molecule has 1 N–H and O–H groups in total. The van der Waals surface area contributed by atoms with Crippen molar-refractivity contribution in [2.45, 2.75) is 6.42 Å². The normalized spacial score (nSPS) is 31.8. The Morgan fingerprint density at radius 2 is 1.77 bits per heavy atom. The zero-order valence-electron chi connectivity index (χ0n) is 11.5. The molecular weight excluding hydrogens is 348 g/mol. The second-order valence-corrected chi connectivity index (χ2v) is 6.88. The third-order valence-electron chi connectivity index (χ3n) is 4.77. The molecule has 1 aliphatic heterocycles. The maximum absolute atomic E-state index is 12.5. The molecule has 3 aliphatic rings. The number of carbonyl (C=O) groups excluding carboxylic acids is 3. The molecule has 1 aromatic rings. The van der Waals surface area contributed by atoms with Crippen LogP contribution in [0.4, 0.5) is 0 Å². The van der Waals surface area contributed by atoms with Crippen LogP contribution in [0.25, 0.3) is 0 Å². The number of carbonyl (C=O) groups is 3. The molecule has 1 heterocycles. The first-order chi connectivity index (χ1) is 10.6. The number of nitrogens with zero attached hydrogens (tertiary/aromatic N) is 1. The summed E-state index contributed by atoms with van der Waals surface area (Å²) in [4.78, 5) is 37.2. The standard InChI is InChI=1S/C16H13BrN2O3/c17-11-3-1-2-10(7-11)14(20)18-19-15(21)12-8-4-5-9(6-8)13(12)16(19)22/h1-5,7-9,12-13H,6H2,(H,18,20)/t8-,9+,12-,13-/m0/s1. The summed E-state index contributed by atoms with van der Waals surface area (Å²) in [6.07, 6.45) is 4.92. The SMILES string of the molecule is O=C(NN1C(=O)[C@@H]2[C@@H](C1=O)[C@H]1C=C[C@@H]2C1)c1cccc(Br)c1. The molecule has 4 atom stereocenters. The van der Waals surface area contributed by atoms with Crippen molar-refractivity contribution in [3.8, 4) is 0 Å². The van der Waals surface area contributed by atoms with Crippen LogP contribution >= 0.6 is 15.9 Å². The number of hydrogen-bond donors (Lipinski definition) is 1. The van der Waals surface area contributed by atoms with Crippen LogP contribution < -0.4 is 5.43 Å². The number of allylic oxidation sites excluding steroid dienone is 2. The van der Waals surface area contributed by atoms with Gasteiger partial charge >= 0.3 is 0 Å². The topological polar surface area (TPSA) is 66.5 Å². The molecule has 2 fully saturated rings. The molecule has 5 nitrogen and oxygen atoms in total. The van der Waals surface area contributed by atoms with Gasteiger partial charge in [0.15, 0.2) is 0 Å². The van der Waals surface area contributed by atoms with Gasteiger partial charge in [-0.2, -0.15) is 5.01 Å². The van der Waals surface area contributed by atoms with Crippen molar-refractivity contribution in [3.05, 3.63) is 46.5 Å². The molecule has 0 radical (unpaired) electrons. The third kappa shape index (κ3) is 1.86. The number of halogens is 1. The Hall–Kier alpha value is -1.95. The largest absolute Gasteiger partial charge is 0.272 e. The summed E-state index contributed by atoms with van der Waals surface area (Å²) in [5.41, 5.74) is 2.86. The second-order valence-electron chi connectivity index (χ2n) is 5.96. The average Bonchev–Trinajstić information content (AvgIpc) is 3.17. The molecule has 0 aromatic heterocycles. The number of nitrogens with one attached hydrogen (secondary N) is 1. The Morgan fingerprint density at radius 3 is 2.36 bits per heavy atom. The molecule has 0 unspecified atom stereocenters. The summed E-state index contributed by atoms with van der Waals surface area (Å²) in [6, 6.07) is 6.81. The first kappa shape index (κ1) is 13.7. The first-order valence-corrected chi connectivity index (χ1v) is 7.98. The fraction of sp³-hybridized carbons (Fsp3) is 0.312. The lowest BCUT2D eigenvalue weighted by Crippen LogP contribution is -2.47. The van der Waals surface area contributed by atoms with Crippen LogP contribution in [0.3, 0.4) is 0 Å². The average molecular weight is 361 g/mol. The summed E-state index contributed by atoms with van der Waals surface area (Å²) in [5, 5.41) is 0.921. The lowest BCUT2D eigenvalue weighted by Gasteiger charge is -2.18. The van der Waals surface area contributed by atoms with Crippen molar-refractivity contribution in [3.63, 3.8) is 0 Å². The van der Waals surface area contributed by atoms with Gasteiger partial charge in [-0.1, -0.05) is 34.1 Å². The van der Waals surface area contributed by atoms with Crippen LogP contribution in [0.1, 0.15) is 16.8 Å². The van der Waals surface area contributed by atoms with E-state index in [1.165, 1.54) is 0 Å². The number of imide groups is 1. The van der Waals surface area contributed by atoms with E-state index < -0.39 is 5.91 Å². The van der Waals surface area contributed by atoms with Crippen molar-refractivity contribution >= 4 is 33.7 Å². The molecule has 1 saturated heterocycles. The predicted octanol–water partition coefficient (Wildman–Crippen LogP) is 1.90. The molecule has 1 saturated carbocycles. The molecule has 22 heavy (non-hydrogen) atoms. The molecule has 1 aromatic carbocycles. The Balaban J connectivity index is 1.56. The van der Waals surface area contributed by atoms with Crippen LogP contribution in [-0.2, 0) is 9.59 Å². The zero-order chi connectivity index (χ0) is 15.4. The van der Waals surface area contributed by atoms with Crippen molar-refractivity contribution in [2.75, 3.05) is 0 Å². The second kappa shape index (κ2) is 4.78. The quantitative estimate of drug-likeness (QED) is 0.646. The summed E-state index contributed by atoms with van der Waals surface area (Å²) < 4.78 is 0.762. The Morgan fingerprint density at radius 1 is 1.14 bits per heavy atom. The molecule has 2 aliphatic carbocycles. The summed E-state index contributed by atoms with van der Waals surface area (Å²) in [7, 11) is 0. The molecule has 0 spiro atoms. The summed E-state index contributed by atoms with van der Waals surface area (Å²) in [5.74, 6) is -1.34. The first-order valence-electron chi connectivity index (χ1n) is 7.19. The van der Waals surface area contributed by atoms with Crippen molar-refractivity contribution in [1.82, 2.24) is 10.4 Å². The van der Waals surface area contributed by atoms with Crippen LogP contribution in [0.15, 0.2) is 40.9 Å². The minimum atomic E-state index is -0.455. The summed E-state index contributed by atoms with van der Waals surface area (Å²) >= 11 is 3.29. The van der Waals surface area contributed by atoms with Gasteiger partial charge in [-0.3, -0.25) is 19.8 Å². The van der Waals surface area contributed by atoms with Crippen LogP contribution in [0, 0.1) is 23.7 Å². The van der Waals surface area contributed by atoms with Gasteiger partial charge in [0, 0.05) is 10.0 Å². The maximum atomic E-state index is 12.5. The van der Waals surface area contributed by atoms with Crippen molar-refractivity contribution < 1.29 is 14.4 Å². The van der Waals surface area contributed by atoms with E-state index in [2.05, 4.69) is 21.4 Å². The Labute approximate surface area is 135 Å². The van der Waals surface area contributed by atoms with Gasteiger partial charge in [0.1, 0.15) is 0 Å². The van der Waals surface area contributed by atoms with E-state index in [1.54, 1.807) is 24.3 Å². The van der Waals surface area contributed by atoms with Crippen LogP contribution in [-0.4, -0.2) is 22.7 Å². The van der Waals surface area contributed by atoms with Gasteiger partial charge in [-0.05, 0) is 36.5 Å². The lowest BCUT2D eigenvalue weighted by molar-refractivity contribution is -0.143. The highest BCUT2D eigenvalue weighted by Gasteiger charge is 2.59. The third-order valence-corrected chi connectivity index (χ3v) is 5.26. The predicted molar refractivity (Wildman–Crippen MR) is 81.2 cm³/mol. The molecular formula is C16H13BrN2O3. The zero-order valence-corrected chi connectivity index (χ0v) is 13.1. The highest BCUT2D eigenvalue weighted by molar-refractivity contribution is 9.10. The fourth-order valence-electron chi connectivity index (χ4n) is 3.81. The smallest absolute Gasteiger partial charge is 0.270 e. The molecule has 112 valence electrons. The van der Waals surface area contributed by atoms with Gasteiger partial charge in [0.05, 0.1) is 11.8 Å². The number of hydrazine groups is 1. The van der Waals surface area contributed by atoms with Crippen LogP contribution in [0.2, 0.25) is 0 Å². The highest BCUT2D eigenvalue weighted by Crippen LogP contribution is 2.52. The van der Waals surface area contributed by atoms with E-state index >= 15 is 0 Å². The van der Waals surface area contributed by atoms with E-state index in [4.69, 9.17) is 0 Å². The van der Waals surface area contributed by atoms with Crippen molar-refractivity contribution in [2.24, 2.45) is 23.7 Å². The number of amides is 3. The minimum absolute atomic E-state index is 0.138.